The standard InChI is InChI=1S/2Fe.NO3.H2O4S/c;;2-1(3)4;1-5(2,3)4/h;;;(H2,1,2,3,4)/q2*+2;-1;/p-2. The summed E-state index contributed by atoms with van der Waals surface area (Å²) in [6.07, 6.45) is 0. The molecule has 0 aliphatic carbocycles. The maximum absolute atomic E-state index is 8.52. The van der Waals surface area contributed by atoms with Crippen molar-refractivity contribution < 1.29 is 56.7 Å². The van der Waals surface area contributed by atoms with Gasteiger partial charge < -0.3 is 24.4 Å². The molecule has 11 heavy (non-hydrogen) atoms. The first-order valence-electron chi connectivity index (χ1n) is 1.21. The van der Waals surface area contributed by atoms with Gasteiger partial charge in [0.25, 0.3) is 0 Å². The van der Waals surface area contributed by atoms with Crippen LogP contribution < -0.4 is 0 Å². The van der Waals surface area contributed by atoms with Crippen LogP contribution in [0.15, 0.2) is 0 Å². The summed E-state index contributed by atoms with van der Waals surface area (Å²) in [5.74, 6) is 0. The van der Waals surface area contributed by atoms with Crippen molar-refractivity contribution in [3.05, 3.63) is 15.3 Å². The van der Waals surface area contributed by atoms with E-state index in [1.807, 2.05) is 0 Å². The van der Waals surface area contributed by atoms with Crippen LogP contribution in [0.25, 0.3) is 0 Å². The van der Waals surface area contributed by atoms with Crippen LogP contribution in [0, 0.1) is 15.3 Å². The van der Waals surface area contributed by atoms with Crippen LogP contribution in [0.5, 0.6) is 0 Å². The fourth-order valence-corrected chi connectivity index (χ4v) is 0. The van der Waals surface area contributed by atoms with Gasteiger partial charge in [-0.05, 0) is 0 Å². The van der Waals surface area contributed by atoms with Crippen molar-refractivity contribution in [3.63, 3.8) is 0 Å². The average Bonchev–Trinajstić information content (AvgIpc) is 1.19. The van der Waals surface area contributed by atoms with Crippen molar-refractivity contribution in [2.75, 3.05) is 0 Å². The zero-order valence-electron chi connectivity index (χ0n) is 4.42. The monoisotopic (exact) mass is 270 g/mol. The minimum atomic E-state index is -5.17. The van der Waals surface area contributed by atoms with E-state index < -0.39 is 15.5 Å². The maximum atomic E-state index is 8.52. The summed E-state index contributed by atoms with van der Waals surface area (Å²) in [4.78, 5) is 8.25. The van der Waals surface area contributed by atoms with E-state index in [1.54, 1.807) is 0 Å². The first kappa shape index (κ1) is 22.5. The molecule has 0 aromatic carbocycles. The molecule has 0 aliphatic heterocycles. The van der Waals surface area contributed by atoms with Gasteiger partial charge in [0.15, 0.2) is 0 Å². The molecule has 0 radical (unpaired) electrons. The molecular formula is Fe2NO7S+. The van der Waals surface area contributed by atoms with Gasteiger partial charge in [0.2, 0.25) is 0 Å². The fraction of sp³-hybridized carbons (Fsp3) is 0. The maximum Gasteiger partial charge on any atom is 2.00 e. The van der Waals surface area contributed by atoms with Gasteiger partial charge in [-0.25, -0.2) is 0 Å². The third-order valence-electron chi connectivity index (χ3n) is 0. The third kappa shape index (κ3) is 56000. The molecule has 0 bridgehead atoms. The Bertz CT molecular complexity index is 159. The third-order valence-corrected chi connectivity index (χ3v) is 0. The molecule has 11 heteroatoms. The Morgan fingerprint density at radius 3 is 1.00 bits per heavy atom. The van der Waals surface area contributed by atoms with Crippen molar-refractivity contribution >= 4 is 10.4 Å². The van der Waals surface area contributed by atoms with E-state index in [1.165, 1.54) is 0 Å². The summed E-state index contributed by atoms with van der Waals surface area (Å²) in [7, 11) is -5.17. The second-order valence-electron chi connectivity index (χ2n) is 0.632. The topological polar surface area (TPSA) is 146 Å². The molecule has 0 atom stereocenters. The molecule has 68 valence electrons. The minimum Gasteiger partial charge on any atom is -0.759 e. The fourth-order valence-electron chi connectivity index (χ4n) is 0. The zero-order valence-corrected chi connectivity index (χ0v) is 7.45. The van der Waals surface area contributed by atoms with Crippen LogP contribution in [0.4, 0.5) is 0 Å². The summed E-state index contributed by atoms with van der Waals surface area (Å²) < 4.78 is 34.1. The molecular weight excluding hydrogens is 270 g/mol. The van der Waals surface area contributed by atoms with E-state index in [2.05, 4.69) is 0 Å². The van der Waals surface area contributed by atoms with Gasteiger partial charge in [0, 0.05) is 10.4 Å². The molecule has 0 unspecified atom stereocenters. The summed E-state index contributed by atoms with van der Waals surface area (Å²) in [6, 6.07) is 0. The normalized spacial score (nSPS) is 7.45. The van der Waals surface area contributed by atoms with Crippen LogP contribution in [0.2, 0.25) is 0 Å². The van der Waals surface area contributed by atoms with Gasteiger partial charge in [0.1, 0.15) is 0 Å². The Labute approximate surface area is 82.6 Å². The Morgan fingerprint density at radius 2 is 1.00 bits per heavy atom. The van der Waals surface area contributed by atoms with Crippen LogP contribution in [0.1, 0.15) is 0 Å². The molecule has 0 saturated heterocycles. The summed E-state index contributed by atoms with van der Waals surface area (Å²) >= 11 is 0. The predicted molar refractivity (Wildman–Crippen MR) is 20.8 cm³/mol. The van der Waals surface area contributed by atoms with Crippen molar-refractivity contribution in [1.82, 2.24) is 0 Å². The Kier molecular flexibility index (Phi) is 20.6. The van der Waals surface area contributed by atoms with Crippen molar-refractivity contribution in [2.45, 2.75) is 0 Å². The van der Waals surface area contributed by atoms with Crippen LogP contribution >= 0.6 is 0 Å². The van der Waals surface area contributed by atoms with Gasteiger partial charge in [-0.15, -0.1) is 0 Å². The van der Waals surface area contributed by atoms with E-state index in [0.29, 0.717) is 0 Å². The number of rotatable bonds is 0. The summed E-state index contributed by atoms with van der Waals surface area (Å²) in [5, 5.41) is 14.8. The first-order chi connectivity index (χ1) is 3.73. The van der Waals surface area contributed by atoms with Crippen LogP contribution in [-0.4, -0.2) is 22.6 Å². The van der Waals surface area contributed by atoms with Crippen molar-refractivity contribution in [1.29, 1.82) is 0 Å². The van der Waals surface area contributed by atoms with Gasteiger partial charge in [-0.1, -0.05) is 0 Å². The molecule has 0 saturated carbocycles. The van der Waals surface area contributed by atoms with Gasteiger partial charge in [0.05, 0.1) is 5.09 Å². The summed E-state index contributed by atoms with van der Waals surface area (Å²) in [5.41, 5.74) is 0. The van der Waals surface area contributed by atoms with Gasteiger partial charge in [-0.3, -0.25) is 8.42 Å². The number of hydrogen-bond acceptors (Lipinski definition) is 7. The van der Waals surface area contributed by atoms with E-state index in [9.17, 15) is 0 Å². The smallest absolute Gasteiger partial charge is 0.759 e. The molecule has 0 heterocycles. The van der Waals surface area contributed by atoms with Crippen LogP contribution in [-0.2, 0) is 44.5 Å². The second-order valence-corrected chi connectivity index (χ2v) is 1.45. The molecule has 0 amide bonds. The Hall–Kier alpha value is 0.109. The van der Waals surface area contributed by atoms with E-state index in [0.717, 1.165) is 0 Å². The first-order valence-corrected chi connectivity index (χ1v) is 2.55. The minimum absolute atomic E-state index is 0. The van der Waals surface area contributed by atoms with E-state index in [4.69, 9.17) is 32.8 Å². The molecule has 0 aromatic rings. The van der Waals surface area contributed by atoms with Crippen molar-refractivity contribution in [2.24, 2.45) is 0 Å². The van der Waals surface area contributed by atoms with Crippen molar-refractivity contribution in [3.8, 4) is 0 Å². The molecule has 0 fully saturated rings. The molecule has 8 nitrogen and oxygen atoms in total. The number of hydrogen-bond donors (Lipinski definition) is 0. The molecule has 0 spiro atoms. The van der Waals surface area contributed by atoms with Gasteiger partial charge in [-0.2, -0.15) is 0 Å². The average molecular weight is 270 g/mol. The van der Waals surface area contributed by atoms with E-state index >= 15 is 0 Å². The van der Waals surface area contributed by atoms with Crippen LogP contribution in [0.3, 0.4) is 0 Å². The zero-order chi connectivity index (χ0) is 8.08. The molecule has 0 aliphatic rings. The largest absolute Gasteiger partial charge is 2.00 e. The Balaban J connectivity index is -0.0000000383. The second kappa shape index (κ2) is 10.1. The molecule has 0 rings (SSSR count). The number of nitrogens with zero attached hydrogens (tertiary/aromatic N) is 1. The SMILES string of the molecule is O=S(=O)([O-])[O-].O=[N+]([O-])[O-].[Fe+2].[Fe+2]. The predicted octanol–water partition coefficient (Wildman–Crippen LogP) is -1.58. The molecule has 0 N–H and O–H groups in total. The van der Waals surface area contributed by atoms with Gasteiger partial charge >= 0.3 is 34.1 Å². The summed E-state index contributed by atoms with van der Waals surface area (Å²) in [6.45, 7) is 0. The Morgan fingerprint density at radius 1 is 1.00 bits per heavy atom. The quantitative estimate of drug-likeness (QED) is 0.169. The molecule has 0 aromatic heterocycles. The van der Waals surface area contributed by atoms with E-state index in [-0.39, 0.29) is 34.1 Å².